The Morgan fingerprint density at radius 3 is 2.22 bits per heavy atom. The lowest BCUT2D eigenvalue weighted by Crippen LogP contribution is -2.67. The van der Waals surface area contributed by atoms with Gasteiger partial charge in [-0.2, -0.15) is 0 Å². The highest BCUT2D eigenvalue weighted by Gasteiger charge is 2.70. The molecule has 1 aliphatic heterocycles. The van der Waals surface area contributed by atoms with Crippen LogP contribution in [0.1, 0.15) is 139 Å². The van der Waals surface area contributed by atoms with Crippen molar-refractivity contribution in [2.24, 2.45) is 50.7 Å². The Bertz CT molecular complexity index is 1440. The normalized spacial score (nSPS) is 39.9. The average molecular weight is 696 g/mol. The van der Waals surface area contributed by atoms with Crippen LogP contribution in [-0.2, 0) is 19.1 Å². The van der Waals surface area contributed by atoms with Gasteiger partial charge in [0, 0.05) is 17.9 Å². The molecule has 0 bridgehead atoms. The summed E-state index contributed by atoms with van der Waals surface area (Å²) in [6.07, 6.45) is 9.58. The van der Waals surface area contributed by atoms with Crippen LogP contribution in [0.15, 0.2) is 11.1 Å². The van der Waals surface area contributed by atoms with Gasteiger partial charge in [-0.05, 0) is 142 Å². The van der Waals surface area contributed by atoms with Gasteiger partial charge in [0.15, 0.2) is 5.78 Å². The van der Waals surface area contributed by atoms with Gasteiger partial charge in [0.2, 0.25) is 0 Å². The van der Waals surface area contributed by atoms with Crippen molar-refractivity contribution in [1.29, 1.82) is 0 Å². The monoisotopic (exact) mass is 695 g/mol. The van der Waals surface area contributed by atoms with E-state index in [-0.39, 0.29) is 63.9 Å². The zero-order valence-electron chi connectivity index (χ0n) is 32.4. The fourth-order valence-corrected chi connectivity index (χ4v) is 13.0. The third-order valence-corrected chi connectivity index (χ3v) is 15.8. The number of Topliss-reactive ketones (excluding diaryl/α,β-unsaturated/α-hetero) is 1. The van der Waals surface area contributed by atoms with E-state index < -0.39 is 22.9 Å². The molecule has 0 aromatic rings. The van der Waals surface area contributed by atoms with Gasteiger partial charge in [-0.15, -0.1) is 0 Å². The molecule has 1 heterocycles. The second kappa shape index (κ2) is 12.6. The zero-order chi connectivity index (χ0) is 36.7. The van der Waals surface area contributed by atoms with Crippen LogP contribution in [-0.4, -0.2) is 59.6 Å². The Morgan fingerprint density at radius 2 is 1.58 bits per heavy atom. The van der Waals surface area contributed by atoms with Crippen LogP contribution in [0.3, 0.4) is 0 Å². The Labute approximate surface area is 300 Å². The summed E-state index contributed by atoms with van der Waals surface area (Å²) < 4.78 is 6.15. The molecule has 5 fully saturated rings. The molecule has 2 amide bonds. The molecule has 0 radical (unpaired) electrons. The summed E-state index contributed by atoms with van der Waals surface area (Å²) in [5.74, 6) is 0.00496. The predicted octanol–water partition coefficient (Wildman–Crippen LogP) is 7.18. The number of piperidine rings is 1. The van der Waals surface area contributed by atoms with Gasteiger partial charge >= 0.3 is 18.0 Å². The van der Waals surface area contributed by atoms with E-state index in [1.54, 1.807) is 13.8 Å². The van der Waals surface area contributed by atoms with Gasteiger partial charge in [0.05, 0.1) is 17.4 Å². The minimum Gasteiger partial charge on any atom is -0.481 e. The molecule has 9 heteroatoms. The van der Waals surface area contributed by atoms with E-state index in [1.807, 2.05) is 0 Å². The first-order chi connectivity index (χ1) is 23.2. The largest absolute Gasteiger partial charge is 0.481 e. The second-order valence-corrected chi connectivity index (χ2v) is 19.6. The summed E-state index contributed by atoms with van der Waals surface area (Å²) in [4.78, 5) is 52.4. The molecule has 4 N–H and O–H groups in total. The minimum absolute atomic E-state index is 0.0173. The van der Waals surface area contributed by atoms with E-state index in [2.05, 4.69) is 64.4 Å². The number of carboxylic acids is 1. The fourth-order valence-electron chi connectivity index (χ4n) is 13.0. The molecular weight excluding hydrogens is 630 g/mol. The number of rotatable bonds is 7. The Balaban J connectivity index is 1.27. The van der Waals surface area contributed by atoms with Crippen molar-refractivity contribution in [2.45, 2.75) is 157 Å². The van der Waals surface area contributed by atoms with Crippen molar-refractivity contribution in [3.63, 3.8) is 0 Å². The van der Waals surface area contributed by atoms with E-state index >= 15 is 0 Å². The summed E-state index contributed by atoms with van der Waals surface area (Å²) in [5, 5.41) is 19.7. The first-order valence-electron chi connectivity index (χ1n) is 19.7. The Morgan fingerprint density at radius 1 is 0.900 bits per heavy atom. The van der Waals surface area contributed by atoms with Crippen LogP contribution in [0.5, 0.6) is 0 Å². The summed E-state index contributed by atoms with van der Waals surface area (Å²) in [7, 11) is 0. The summed E-state index contributed by atoms with van der Waals surface area (Å²) in [6.45, 7) is 21.4. The number of carbonyl (C=O) groups is 4. The number of ketones is 1. The lowest BCUT2D eigenvalue weighted by atomic mass is 9.33. The maximum Gasteiger partial charge on any atom is 0.315 e. The average Bonchev–Trinajstić information content (AvgIpc) is 3.30. The van der Waals surface area contributed by atoms with Crippen molar-refractivity contribution in [3.05, 3.63) is 11.1 Å². The number of hydrogen-bond acceptors (Lipinski definition) is 6. The molecule has 0 aromatic heterocycles. The summed E-state index contributed by atoms with van der Waals surface area (Å²) in [5.41, 5.74) is 0.306. The highest BCUT2D eigenvalue weighted by atomic mass is 16.5. The lowest BCUT2D eigenvalue weighted by Gasteiger charge is -2.72. The van der Waals surface area contributed by atoms with Crippen LogP contribution in [0, 0.1) is 50.7 Å². The highest BCUT2D eigenvalue weighted by Crippen LogP contribution is 2.76. The van der Waals surface area contributed by atoms with E-state index in [1.165, 1.54) is 5.57 Å². The van der Waals surface area contributed by atoms with E-state index in [0.717, 1.165) is 82.9 Å². The highest BCUT2D eigenvalue weighted by molar-refractivity contribution is 6.02. The zero-order valence-corrected chi connectivity index (χ0v) is 32.4. The standard InChI is InChI=1S/C41H65N3O6/c1-24(2)32-27(45)22-41(44-35(49)43-25-14-20-42-21-15-25)19-18-39(8)26(33(32)41)10-11-29-38(7)16-13-30(50-31(46)23-36(3,4)34(47)48)37(5,6)28(38)12-17-40(29,39)9/h24-26,28-30,42H,10-23H2,1-9H3,(H,47,48)(H2,43,44,49)/t26-,28+,29-,30+,38+,39-,40-,41-/m1/s1. The number of fused-ring (bicyclic) bond motifs is 7. The van der Waals surface area contributed by atoms with Crippen molar-refractivity contribution < 1.29 is 29.0 Å². The molecule has 6 rings (SSSR count). The van der Waals surface area contributed by atoms with Crippen LogP contribution in [0.4, 0.5) is 4.79 Å². The summed E-state index contributed by atoms with van der Waals surface area (Å²) in [6, 6.07) is 0.0234. The van der Waals surface area contributed by atoms with Crippen molar-refractivity contribution in [3.8, 4) is 0 Å². The number of ether oxygens (including phenoxy) is 1. The molecule has 5 aliphatic carbocycles. The summed E-state index contributed by atoms with van der Waals surface area (Å²) >= 11 is 0. The number of urea groups is 1. The SMILES string of the molecule is CC(C)C1=C2[C@H]3CC[C@@H]4[C@@]5(C)CC[C@H](OC(=O)CC(C)(C)C(=O)O)C(C)(C)[C@@H]5CC[C@@]4(C)[C@]3(C)CC[C@@]2(NC(=O)NC2CCNCC2)CC1=O. The van der Waals surface area contributed by atoms with Gasteiger partial charge in [-0.1, -0.05) is 48.5 Å². The minimum atomic E-state index is -1.16. The number of nitrogens with one attached hydrogen (secondary N) is 3. The smallest absolute Gasteiger partial charge is 0.315 e. The third kappa shape index (κ3) is 5.74. The molecule has 9 nitrogen and oxygen atoms in total. The fraction of sp³-hybridized carbons (Fsp3) is 0.854. The first kappa shape index (κ1) is 37.3. The molecule has 0 unspecified atom stereocenters. The van der Waals surface area contributed by atoms with E-state index in [0.29, 0.717) is 18.3 Å². The predicted molar refractivity (Wildman–Crippen MR) is 193 cm³/mol. The molecule has 50 heavy (non-hydrogen) atoms. The number of allylic oxidation sites excluding steroid dienone is 1. The van der Waals surface area contributed by atoms with Crippen LogP contribution in [0.25, 0.3) is 0 Å². The molecule has 4 saturated carbocycles. The van der Waals surface area contributed by atoms with Gasteiger partial charge in [0.25, 0.3) is 0 Å². The molecule has 1 saturated heterocycles. The quantitative estimate of drug-likeness (QED) is 0.207. The second-order valence-electron chi connectivity index (χ2n) is 19.6. The Hall–Kier alpha value is -2.42. The third-order valence-electron chi connectivity index (χ3n) is 15.8. The van der Waals surface area contributed by atoms with Crippen molar-refractivity contribution in [1.82, 2.24) is 16.0 Å². The van der Waals surface area contributed by atoms with Crippen LogP contribution < -0.4 is 16.0 Å². The number of esters is 1. The molecule has 0 spiro atoms. The van der Waals surface area contributed by atoms with Gasteiger partial charge in [-0.25, -0.2) is 4.79 Å². The number of hydrogen-bond donors (Lipinski definition) is 4. The first-order valence-corrected chi connectivity index (χ1v) is 19.7. The molecule has 0 aromatic carbocycles. The van der Waals surface area contributed by atoms with Crippen molar-refractivity contribution >= 4 is 23.8 Å². The lowest BCUT2D eigenvalue weighted by molar-refractivity contribution is -0.232. The molecule has 6 aliphatic rings. The molecular formula is C41H65N3O6. The van der Waals surface area contributed by atoms with Gasteiger partial charge in [0.1, 0.15) is 6.10 Å². The maximum atomic E-state index is 13.9. The number of carbonyl (C=O) groups excluding carboxylic acids is 3. The number of amides is 2. The Kier molecular flexibility index (Phi) is 9.42. The van der Waals surface area contributed by atoms with E-state index in [4.69, 9.17) is 4.74 Å². The molecule has 8 atom stereocenters. The van der Waals surface area contributed by atoms with Crippen molar-refractivity contribution in [2.75, 3.05) is 13.1 Å². The number of aliphatic carboxylic acids is 1. The maximum absolute atomic E-state index is 13.9. The van der Waals surface area contributed by atoms with Gasteiger partial charge in [-0.3, -0.25) is 14.4 Å². The van der Waals surface area contributed by atoms with Crippen LogP contribution >= 0.6 is 0 Å². The molecule has 280 valence electrons. The topological polar surface area (TPSA) is 134 Å². The number of carboxylic acid groups (broad SMARTS) is 1. The van der Waals surface area contributed by atoms with Crippen LogP contribution in [0.2, 0.25) is 0 Å². The van der Waals surface area contributed by atoms with Gasteiger partial charge < -0.3 is 25.8 Å². The van der Waals surface area contributed by atoms with E-state index in [9.17, 15) is 24.3 Å².